The zero-order valence-electron chi connectivity index (χ0n) is 11.2. The Morgan fingerprint density at radius 3 is 2.48 bits per heavy atom. The van der Waals surface area contributed by atoms with Gasteiger partial charge in [-0.2, -0.15) is 0 Å². The van der Waals surface area contributed by atoms with Gasteiger partial charge in [0.15, 0.2) is 5.76 Å². The summed E-state index contributed by atoms with van der Waals surface area (Å²) in [6.07, 6.45) is 0. The van der Waals surface area contributed by atoms with E-state index in [0.717, 1.165) is 0 Å². The van der Waals surface area contributed by atoms with Gasteiger partial charge in [-0.25, -0.2) is 0 Å². The predicted octanol–water partition coefficient (Wildman–Crippen LogP) is 2.88. The molecule has 0 aliphatic rings. The smallest absolute Gasteiger partial charge is 0.238 e. The van der Waals surface area contributed by atoms with Crippen molar-refractivity contribution in [3.63, 3.8) is 0 Å². The molecule has 5 heteroatoms. The molecule has 0 radical (unpaired) electrons. The van der Waals surface area contributed by atoms with Gasteiger partial charge in [-0.05, 0) is 0 Å². The van der Waals surface area contributed by atoms with E-state index in [0.29, 0.717) is 11.3 Å². The molecule has 0 bridgehead atoms. The van der Waals surface area contributed by atoms with Gasteiger partial charge in [0, 0.05) is 17.7 Å². The Bertz CT molecular complexity index is 865. The van der Waals surface area contributed by atoms with E-state index in [9.17, 15) is 15.0 Å². The fraction of sp³-hybridized carbons (Fsp3) is 0.0625. The Hall–Kier alpha value is -2.95. The summed E-state index contributed by atoms with van der Waals surface area (Å²) >= 11 is 0. The van der Waals surface area contributed by atoms with Crippen LogP contribution in [0.2, 0.25) is 0 Å². The molecule has 21 heavy (non-hydrogen) atoms. The van der Waals surface area contributed by atoms with E-state index in [1.165, 1.54) is 19.2 Å². The highest BCUT2D eigenvalue weighted by molar-refractivity contribution is 5.88. The molecule has 0 fully saturated rings. The van der Waals surface area contributed by atoms with Gasteiger partial charge in [-0.3, -0.25) is 4.79 Å². The maximum Gasteiger partial charge on any atom is 0.238 e. The first kappa shape index (κ1) is 13.1. The fourth-order valence-corrected chi connectivity index (χ4v) is 2.17. The molecule has 2 aromatic carbocycles. The number of methoxy groups -OCH3 is 1. The second-order valence-corrected chi connectivity index (χ2v) is 4.49. The SMILES string of the molecule is COc1cc(O)c2c(=O)c(O)c(-c3ccccc3)oc2c1. The van der Waals surface area contributed by atoms with Crippen LogP contribution < -0.4 is 10.2 Å². The number of hydrogen-bond acceptors (Lipinski definition) is 5. The standard InChI is InChI=1S/C16H12O5/c1-20-10-7-11(17)13-12(8-10)21-16(15(19)14(13)18)9-5-3-2-4-6-9/h2-8,17,19H,1H3. The van der Waals surface area contributed by atoms with E-state index in [-0.39, 0.29) is 22.5 Å². The molecule has 3 aromatic rings. The van der Waals surface area contributed by atoms with E-state index < -0.39 is 11.2 Å². The van der Waals surface area contributed by atoms with Gasteiger partial charge >= 0.3 is 0 Å². The van der Waals surface area contributed by atoms with Crippen molar-refractivity contribution >= 4 is 11.0 Å². The third-order valence-corrected chi connectivity index (χ3v) is 3.20. The third kappa shape index (κ3) is 2.08. The minimum absolute atomic E-state index is 0.0563. The molecule has 1 heterocycles. The Kier molecular flexibility index (Phi) is 3.02. The third-order valence-electron chi connectivity index (χ3n) is 3.20. The first-order chi connectivity index (χ1) is 10.1. The molecular weight excluding hydrogens is 272 g/mol. The monoisotopic (exact) mass is 284 g/mol. The number of phenolic OH excluding ortho intramolecular Hbond substituents is 1. The van der Waals surface area contributed by atoms with E-state index in [1.54, 1.807) is 24.3 Å². The van der Waals surface area contributed by atoms with Crippen LogP contribution in [0.15, 0.2) is 51.7 Å². The summed E-state index contributed by atoms with van der Waals surface area (Å²) in [4.78, 5) is 12.2. The average Bonchev–Trinajstić information content (AvgIpc) is 2.51. The second kappa shape index (κ2) is 4.86. The van der Waals surface area contributed by atoms with Gasteiger partial charge in [0.05, 0.1) is 7.11 Å². The average molecular weight is 284 g/mol. The summed E-state index contributed by atoms with van der Waals surface area (Å²) < 4.78 is 10.6. The van der Waals surface area contributed by atoms with Gasteiger partial charge in [0.25, 0.3) is 0 Å². The molecule has 0 saturated heterocycles. The van der Waals surface area contributed by atoms with Gasteiger partial charge in [-0.15, -0.1) is 0 Å². The summed E-state index contributed by atoms with van der Waals surface area (Å²) in [5, 5.41) is 19.9. The second-order valence-electron chi connectivity index (χ2n) is 4.49. The molecule has 1 aromatic heterocycles. The predicted molar refractivity (Wildman–Crippen MR) is 77.8 cm³/mol. The minimum Gasteiger partial charge on any atom is -0.507 e. The number of fused-ring (bicyclic) bond motifs is 1. The molecule has 3 rings (SSSR count). The normalized spacial score (nSPS) is 10.7. The Morgan fingerprint density at radius 1 is 1.10 bits per heavy atom. The lowest BCUT2D eigenvalue weighted by atomic mass is 10.1. The molecule has 0 saturated carbocycles. The highest BCUT2D eigenvalue weighted by Gasteiger charge is 2.18. The molecule has 0 aliphatic heterocycles. The summed E-state index contributed by atoms with van der Waals surface area (Å²) in [6.45, 7) is 0. The van der Waals surface area contributed by atoms with Crippen molar-refractivity contribution in [2.24, 2.45) is 0 Å². The van der Waals surface area contributed by atoms with Crippen molar-refractivity contribution in [3.05, 3.63) is 52.7 Å². The van der Waals surface area contributed by atoms with Crippen molar-refractivity contribution in [2.75, 3.05) is 7.11 Å². The quantitative estimate of drug-likeness (QED) is 0.756. The van der Waals surface area contributed by atoms with E-state index in [4.69, 9.17) is 9.15 Å². The highest BCUT2D eigenvalue weighted by atomic mass is 16.5. The van der Waals surface area contributed by atoms with Crippen LogP contribution in [-0.2, 0) is 0 Å². The number of aromatic hydroxyl groups is 2. The van der Waals surface area contributed by atoms with Crippen LogP contribution in [0.4, 0.5) is 0 Å². The van der Waals surface area contributed by atoms with Gasteiger partial charge in [0.2, 0.25) is 11.2 Å². The molecule has 5 nitrogen and oxygen atoms in total. The lowest BCUT2D eigenvalue weighted by molar-refractivity contribution is 0.406. The first-order valence-electron chi connectivity index (χ1n) is 6.24. The van der Waals surface area contributed by atoms with E-state index in [1.807, 2.05) is 6.07 Å². The number of ether oxygens (including phenoxy) is 1. The maximum absolute atomic E-state index is 12.2. The van der Waals surface area contributed by atoms with Crippen LogP contribution in [0.25, 0.3) is 22.3 Å². The molecule has 0 unspecified atom stereocenters. The summed E-state index contributed by atoms with van der Waals surface area (Å²) in [5.74, 6) is -0.421. The van der Waals surface area contributed by atoms with Gasteiger partial charge in [0.1, 0.15) is 22.5 Å². The minimum atomic E-state index is -0.685. The number of benzene rings is 2. The van der Waals surface area contributed by atoms with Crippen LogP contribution in [0, 0.1) is 0 Å². The summed E-state index contributed by atoms with van der Waals surface area (Å²) in [6, 6.07) is 11.6. The molecule has 106 valence electrons. The van der Waals surface area contributed by atoms with E-state index in [2.05, 4.69) is 0 Å². The van der Waals surface area contributed by atoms with Crippen LogP contribution in [0.3, 0.4) is 0 Å². The lowest BCUT2D eigenvalue weighted by Gasteiger charge is -2.08. The molecule has 2 N–H and O–H groups in total. The number of rotatable bonds is 2. The zero-order valence-corrected chi connectivity index (χ0v) is 11.2. The summed E-state index contributed by atoms with van der Waals surface area (Å²) in [5.41, 5.74) is 0.0278. The Balaban J connectivity index is 2.39. The fourth-order valence-electron chi connectivity index (χ4n) is 2.17. The Labute approximate surface area is 119 Å². The van der Waals surface area contributed by atoms with Crippen LogP contribution in [0.1, 0.15) is 0 Å². The molecule has 0 atom stereocenters. The van der Waals surface area contributed by atoms with Crippen molar-refractivity contribution in [1.29, 1.82) is 0 Å². The highest BCUT2D eigenvalue weighted by Crippen LogP contribution is 2.34. The molecule has 0 aliphatic carbocycles. The van der Waals surface area contributed by atoms with Crippen LogP contribution in [0.5, 0.6) is 17.2 Å². The largest absolute Gasteiger partial charge is 0.507 e. The maximum atomic E-state index is 12.2. The molecule has 0 spiro atoms. The van der Waals surface area contributed by atoms with Crippen molar-refractivity contribution in [2.45, 2.75) is 0 Å². The summed E-state index contributed by atoms with van der Waals surface area (Å²) in [7, 11) is 1.44. The van der Waals surface area contributed by atoms with E-state index >= 15 is 0 Å². The van der Waals surface area contributed by atoms with Crippen LogP contribution >= 0.6 is 0 Å². The van der Waals surface area contributed by atoms with Crippen molar-refractivity contribution in [1.82, 2.24) is 0 Å². The molecular formula is C16H12O5. The molecule has 0 amide bonds. The zero-order chi connectivity index (χ0) is 15.0. The number of phenols is 1. The van der Waals surface area contributed by atoms with Crippen LogP contribution in [-0.4, -0.2) is 17.3 Å². The first-order valence-corrected chi connectivity index (χ1v) is 6.24. The van der Waals surface area contributed by atoms with Gasteiger partial charge < -0.3 is 19.4 Å². The van der Waals surface area contributed by atoms with Crippen molar-refractivity contribution < 1.29 is 19.4 Å². The lowest BCUT2D eigenvalue weighted by Crippen LogP contribution is -2.03. The number of hydrogen-bond donors (Lipinski definition) is 2. The topological polar surface area (TPSA) is 79.9 Å². The van der Waals surface area contributed by atoms with Gasteiger partial charge in [-0.1, -0.05) is 30.3 Å². The Morgan fingerprint density at radius 2 is 1.81 bits per heavy atom. The van der Waals surface area contributed by atoms with Crippen molar-refractivity contribution in [3.8, 4) is 28.6 Å².